The Balaban J connectivity index is 1.65. The van der Waals surface area contributed by atoms with E-state index in [0.29, 0.717) is 32.5 Å². The van der Waals surface area contributed by atoms with Gasteiger partial charge in [-0.15, -0.1) is 0 Å². The van der Waals surface area contributed by atoms with Gasteiger partial charge in [0.25, 0.3) is 0 Å². The summed E-state index contributed by atoms with van der Waals surface area (Å²) < 4.78 is 18.7. The molecule has 1 saturated carbocycles. The maximum absolute atomic E-state index is 13.0. The van der Waals surface area contributed by atoms with Gasteiger partial charge in [-0.3, -0.25) is 9.59 Å². The van der Waals surface area contributed by atoms with Crippen molar-refractivity contribution in [1.82, 2.24) is 4.90 Å². The Kier molecular flexibility index (Phi) is 4.35. The number of hydrogen-bond acceptors (Lipinski definition) is 3. The van der Waals surface area contributed by atoms with Crippen LogP contribution < -0.4 is 0 Å². The number of rotatable bonds is 4. The normalized spacial score (nSPS) is 23.2. The Hall–Kier alpha value is -1.95. The average molecular weight is 321 g/mol. The predicted octanol–water partition coefficient (Wildman–Crippen LogP) is 2.37. The first-order valence-corrected chi connectivity index (χ1v) is 7.88. The third-order valence-electron chi connectivity index (χ3n) is 4.91. The van der Waals surface area contributed by atoms with Crippen LogP contribution in [-0.4, -0.2) is 41.6 Å². The van der Waals surface area contributed by atoms with Crippen molar-refractivity contribution in [3.63, 3.8) is 0 Å². The molecule has 0 radical (unpaired) electrons. The molecule has 0 aromatic heterocycles. The van der Waals surface area contributed by atoms with Crippen molar-refractivity contribution in [2.24, 2.45) is 5.41 Å². The van der Waals surface area contributed by atoms with Crippen molar-refractivity contribution < 1.29 is 23.8 Å². The van der Waals surface area contributed by atoms with Crippen LogP contribution in [0.25, 0.3) is 0 Å². The largest absolute Gasteiger partial charge is 0.481 e. The number of hydrogen-bond donors (Lipinski definition) is 1. The molecular weight excluding hydrogens is 301 g/mol. The second-order valence-electron chi connectivity index (χ2n) is 6.37. The third-order valence-corrected chi connectivity index (χ3v) is 4.91. The molecule has 5 nitrogen and oxygen atoms in total. The number of aliphatic carboxylic acids is 1. The number of ether oxygens (including phenoxy) is 1. The number of carboxylic acids is 1. The molecule has 1 aliphatic carbocycles. The summed E-state index contributed by atoms with van der Waals surface area (Å²) in [7, 11) is 0. The quantitative estimate of drug-likeness (QED) is 0.924. The summed E-state index contributed by atoms with van der Waals surface area (Å²) in [5.41, 5.74) is -0.0543. The zero-order chi connectivity index (χ0) is 16.4. The van der Waals surface area contributed by atoms with E-state index in [1.54, 1.807) is 17.0 Å². The average Bonchev–Trinajstić information content (AvgIpc) is 2.51. The molecule has 1 amide bonds. The van der Waals surface area contributed by atoms with Gasteiger partial charge in [-0.05, 0) is 30.5 Å². The maximum Gasteiger partial charge on any atom is 0.310 e. The van der Waals surface area contributed by atoms with Gasteiger partial charge in [0.05, 0.1) is 18.6 Å². The first-order valence-electron chi connectivity index (χ1n) is 7.88. The zero-order valence-corrected chi connectivity index (χ0v) is 12.8. The highest BCUT2D eigenvalue weighted by Crippen LogP contribution is 2.44. The van der Waals surface area contributed by atoms with Crippen LogP contribution in [0.1, 0.15) is 37.4 Å². The molecule has 0 spiro atoms. The van der Waals surface area contributed by atoms with Crippen molar-refractivity contribution in [2.75, 3.05) is 19.7 Å². The van der Waals surface area contributed by atoms with Gasteiger partial charge in [0.1, 0.15) is 11.9 Å². The van der Waals surface area contributed by atoms with E-state index in [-0.39, 0.29) is 24.2 Å². The van der Waals surface area contributed by atoms with E-state index in [9.17, 15) is 19.1 Å². The lowest BCUT2D eigenvalue weighted by atomic mass is 9.66. The molecule has 23 heavy (non-hydrogen) atoms. The molecule has 6 heteroatoms. The van der Waals surface area contributed by atoms with E-state index in [1.165, 1.54) is 12.1 Å². The number of halogens is 1. The molecule has 0 bridgehead atoms. The lowest BCUT2D eigenvalue weighted by Crippen LogP contribution is -2.47. The maximum atomic E-state index is 13.0. The van der Waals surface area contributed by atoms with Gasteiger partial charge < -0.3 is 14.7 Å². The summed E-state index contributed by atoms with van der Waals surface area (Å²) in [6.07, 6.45) is 1.76. The molecule has 2 aliphatic rings. The van der Waals surface area contributed by atoms with Gasteiger partial charge in [-0.2, -0.15) is 0 Å². The fourth-order valence-electron chi connectivity index (χ4n) is 3.23. The standard InChI is InChI=1S/C17H20FNO4/c18-13-4-2-12(3-5-13)14-11-19(8-9-23-14)15(20)10-17(16(21)22)6-1-7-17/h2-5,14H,1,6-11H2,(H,21,22). The Labute approximate surface area is 134 Å². The molecule has 3 rings (SSSR count). The molecule has 1 aromatic carbocycles. The highest BCUT2D eigenvalue weighted by atomic mass is 19.1. The lowest BCUT2D eigenvalue weighted by molar-refractivity contribution is -0.161. The summed E-state index contributed by atoms with van der Waals surface area (Å²) in [5, 5.41) is 9.36. The third kappa shape index (κ3) is 3.22. The smallest absolute Gasteiger partial charge is 0.310 e. The first kappa shape index (κ1) is 15.9. The van der Waals surface area contributed by atoms with Crippen LogP contribution in [0.2, 0.25) is 0 Å². The topological polar surface area (TPSA) is 66.8 Å². The fraction of sp³-hybridized carbons (Fsp3) is 0.529. The monoisotopic (exact) mass is 321 g/mol. The van der Waals surface area contributed by atoms with Crippen molar-refractivity contribution in [3.8, 4) is 0 Å². The van der Waals surface area contributed by atoms with Crippen LogP contribution in [0, 0.1) is 11.2 Å². The predicted molar refractivity (Wildman–Crippen MR) is 80.2 cm³/mol. The van der Waals surface area contributed by atoms with Crippen molar-refractivity contribution >= 4 is 11.9 Å². The molecule has 1 atom stereocenters. The molecule has 124 valence electrons. The fourth-order valence-corrected chi connectivity index (χ4v) is 3.23. The van der Waals surface area contributed by atoms with Crippen LogP contribution in [0.5, 0.6) is 0 Å². The van der Waals surface area contributed by atoms with Gasteiger partial charge in [-0.1, -0.05) is 18.6 Å². The number of benzene rings is 1. The second-order valence-corrected chi connectivity index (χ2v) is 6.37. The summed E-state index contributed by atoms with van der Waals surface area (Å²) in [5.74, 6) is -1.33. The Morgan fingerprint density at radius 3 is 2.57 bits per heavy atom. The van der Waals surface area contributed by atoms with E-state index in [2.05, 4.69) is 0 Å². The minimum Gasteiger partial charge on any atom is -0.481 e. The number of carbonyl (C=O) groups is 2. The summed E-state index contributed by atoms with van der Waals surface area (Å²) in [6.45, 7) is 1.24. The molecule has 2 fully saturated rings. The molecule has 1 heterocycles. The number of nitrogens with zero attached hydrogens (tertiary/aromatic N) is 1. The highest BCUT2D eigenvalue weighted by Gasteiger charge is 2.46. The first-order chi connectivity index (χ1) is 11.0. The number of carbonyl (C=O) groups excluding carboxylic acids is 1. The Morgan fingerprint density at radius 1 is 1.30 bits per heavy atom. The lowest BCUT2D eigenvalue weighted by Gasteiger charge is -2.40. The van der Waals surface area contributed by atoms with Crippen molar-refractivity contribution in [2.45, 2.75) is 31.8 Å². The van der Waals surface area contributed by atoms with Crippen LogP contribution >= 0.6 is 0 Å². The molecule has 1 aliphatic heterocycles. The molecule has 1 saturated heterocycles. The number of morpholine rings is 1. The van der Waals surface area contributed by atoms with Crippen LogP contribution in [0.4, 0.5) is 4.39 Å². The highest BCUT2D eigenvalue weighted by molar-refractivity contribution is 5.85. The Morgan fingerprint density at radius 2 is 2.00 bits per heavy atom. The molecule has 1 unspecified atom stereocenters. The van der Waals surface area contributed by atoms with E-state index in [0.717, 1.165) is 12.0 Å². The van der Waals surface area contributed by atoms with E-state index in [4.69, 9.17) is 4.74 Å². The van der Waals surface area contributed by atoms with Crippen LogP contribution in [-0.2, 0) is 14.3 Å². The minimum atomic E-state index is -0.875. The molecular formula is C17H20FNO4. The summed E-state index contributed by atoms with van der Waals surface area (Å²) >= 11 is 0. The number of amides is 1. The van der Waals surface area contributed by atoms with Crippen LogP contribution in [0.3, 0.4) is 0 Å². The van der Waals surface area contributed by atoms with Gasteiger partial charge >= 0.3 is 5.97 Å². The zero-order valence-electron chi connectivity index (χ0n) is 12.8. The SMILES string of the molecule is O=C(CC1(C(=O)O)CCC1)N1CCOC(c2ccc(F)cc2)C1. The second kappa shape index (κ2) is 6.28. The van der Waals surface area contributed by atoms with E-state index in [1.807, 2.05) is 0 Å². The van der Waals surface area contributed by atoms with Crippen molar-refractivity contribution in [3.05, 3.63) is 35.6 Å². The summed E-state index contributed by atoms with van der Waals surface area (Å²) in [6, 6.07) is 6.04. The summed E-state index contributed by atoms with van der Waals surface area (Å²) in [4.78, 5) is 25.6. The Bertz CT molecular complexity index is 597. The molecule has 1 N–H and O–H groups in total. The van der Waals surface area contributed by atoms with Crippen molar-refractivity contribution in [1.29, 1.82) is 0 Å². The van der Waals surface area contributed by atoms with Gasteiger partial charge in [0.2, 0.25) is 5.91 Å². The minimum absolute atomic E-state index is 0.0540. The van der Waals surface area contributed by atoms with Gasteiger partial charge in [0.15, 0.2) is 0 Å². The van der Waals surface area contributed by atoms with Gasteiger partial charge in [-0.25, -0.2) is 4.39 Å². The number of carboxylic acid groups (broad SMARTS) is 1. The van der Waals surface area contributed by atoms with Crippen LogP contribution in [0.15, 0.2) is 24.3 Å². The van der Waals surface area contributed by atoms with Gasteiger partial charge in [0, 0.05) is 13.0 Å². The molecule has 1 aromatic rings. The van der Waals surface area contributed by atoms with E-state index >= 15 is 0 Å². The van der Waals surface area contributed by atoms with E-state index < -0.39 is 11.4 Å².